The molecule has 0 heterocycles. The normalized spacial score (nSPS) is 11.2. The monoisotopic (exact) mass is 320 g/mol. The van der Waals surface area contributed by atoms with Crippen LogP contribution in [0.15, 0.2) is 42.5 Å². The third-order valence-electron chi connectivity index (χ3n) is 3.64. The zero-order valence-corrected chi connectivity index (χ0v) is 12.7. The highest BCUT2D eigenvalue weighted by Crippen LogP contribution is 2.40. The third-order valence-corrected chi connectivity index (χ3v) is 4.03. The molecule has 0 amide bonds. The second-order valence-electron chi connectivity index (χ2n) is 5.33. The van der Waals surface area contributed by atoms with Gasteiger partial charge in [0, 0.05) is 17.5 Å². The van der Waals surface area contributed by atoms with Crippen LogP contribution in [-0.2, 0) is 5.41 Å². The molecule has 0 aromatic heterocycles. The molecular weight excluding hydrogens is 308 g/mol. The minimum Gasteiger partial charge on any atom is -0.258 e. The molecule has 0 radical (unpaired) electrons. The van der Waals surface area contributed by atoms with Crippen LogP contribution < -0.4 is 0 Å². The first-order valence-electron chi connectivity index (χ1n) is 6.43. The van der Waals surface area contributed by atoms with E-state index in [1.807, 2.05) is 44.2 Å². The van der Waals surface area contributed by atoms with E-state index in [0.29, 0.717) is 5.56 Å². The van der Waals surface area contributed by atoms with Gasteiger partial charge in [-0.15, -0.1) is 0 Å². The number of rotatable bonds is 4. The van der Waals surface area contributed by atoms with E-state index in [-0.39, 0.29) is 0 Å². The van der Waals surface area contributed by atoms with Crippen molar-refractivity contribution in [2.24, 2.45) is 0 Å². The maximum Gasteiger partial charge on any atom is 0.295 e. The summed E-state index contributed by atoms with van der Waals surface area (Å²) in [5.41, 5.74) is -0.214. The van der Waals surface area contributed by atoms with Gasteiger partial charge in [0.2, 0.25) is 0 Å². The summed E-state index contributed by atoms with van der Waals surface area (Å²) in [6.45, 7) is 3.69. The van der Waals surface area contributed by atoms with Gasteiger partial charge in [-0.1, -0.05) is 55.8 Å². The Morgan fingerprint density at radius 2 is 1.36 bits per heavy atom. The van der Waals surface area contributed by atoms with Gasteiger partial charge in [-0.3, -0.25) is 20.2 Å². The van der Waals surface area contributed by atoms with Crippen LogP contribution in [0.3, 0.4) is 0 Å². The van der Waals surface area contributed by atoms with Crippen LogP contribution in [0.4, 0.5) is 11.4 Å². The lowest BCUT2D eigenvalue weighted by molar-refractivity contribution is -0.394. The van der Waals surface area contributed by atoms with E-state index in [2.05, 4.69) is 0 Å². The molecule has 2 rings (SSSR count). The molecule has 0 fully saturated rings. The van der Waals surface area contributed by atoms with Gasteiger partial charge in [-0.2, -0.15) is 0 Å². The Labute approximate surface area is 131 Å². The SMILES string of the molecule is CC(C)(c1ccccc1)c1cc([N+](=O)[O-])c(Cl)c([N+](=O)[O-])c1. The van der Waals surface area contributed by atoms with Crippen molar-refractivity contribution < 1.29 is 9.85 Å². The molecule has 2 aromatic rings. The quantitative estimate of drug-likeness (QED) is 0.613. The fourth-order valence-electron chi connectivity index (χ4n) is 2.24. The van der Waals surface area contributed by atoms with Crippen LogP contribution in [0.5, 0.6) is 0 Å². The van der Waals surface area contributed by atoms with Gasteiger partial charge in [0.05, 0.1) is 9.85 Å². The van der Waals surface area contributed by atoms with Crippen molar-refractivity contribution in [3.63, 3.8) is 0 Å². The first-order valence-corrected chi connectivity index (χ1v) is 6.81. The molecule has 0 aliphatic rings. The van der Waals surface area contributed by atoms with Crippen molar-refractivity contribution in [1.29, 1.82) is 0 Å². The van der Waals surface area contributed by atoms with Crippen molar-refractivity contribution in [1.82, 2.24) is 0 Å². The maximum absolute atomic E-state index is 11.1. The number of hydrogen-bond acceptors (Lipinski definition) is 4. The summed E-state index contributed by atoms with van der Waals surface area (Å²) >= 11 is 5.78. The first kappa shape index (κ1) is 15.9. The Bertz CT molecular complexity index is 709. The molecule has 0 saturated carbocycles. The van der Waals surface area contributed by atoms with Crippen molar-refractivity contribution in [3.05, 3.63) is 78.8 Å². The topological polar surface area (TPSA) is 86.3 Å². The summed E-state index contributed by atoms with van der Waals surface area (Å²) in [5.74, 6) is 0. The summed E-state index contributed by atoms with van der Waals surface area (Å²) in [5, 5.41) is 21.8. The van der Waals surface area contributed by atoms with Gasteiger partial charge in [0.25, 0.3) is 11.4 Å². The Hall–Kier alpha value is -2.47. The van der Waals surface area contributed by atoms with E-state index >= 15 is 0 Å². The minimum absolute atomic E-state index is 0.456. The van der Waals surface area contributed by atoms with Crippen LogP contribution >= 0.6 is 11.6 Å². The summed E-state index contributed by atoms with van der Waals surface area (Å²) in [6.07, 6.45) is 0. The van der Waals surface area contributed by atoms with Gasteiger partial charge in [0.15, 0.2) is 5.02 Å². The van der Waals surface area contributed by atoms with Crippen LogP contribution in [0.2, 0.25) is 5.02 Å². The van der Waals surface area contributed by atoms with E-state index in [4.69, 9.17) is 11.6 Å². The molecule has 0 atom stereocenters. The molecule has 7 heteroatoms. The molecule has 0 saturated heterocycles. The lowest BCUT2D eigenvalue weighted by Gasteiger charge is -2.25. The molecule has 0 spiro atoms. The number of benzene rings is 2. The van der Waals surface area contributed by atoms with Gasteiger partial charge < -0.3 is 0 Å². The molecule has 0 N–H and O–H groups in total. The van der Waals surface area contributed by atoms with Crippen molar-refractivity contribution in [2.45, 2.75) is 19.3 Å². The second-order valence-corrected chi connectivity index (χ2v) is 5.71. The van der Waals surface area contributed by atoms with Crippen molar-refractivity contribution in [3.8, 4) is 0 Å². The molecule has 6 nitrogen and oxygen atoms in total. The van der Waals surface area contributed by atoms with Crippen LogP contribution in [0.1, 0.15) is 25.0 Å². The third kappa shape index (κ3) is 2.78. The lowest BCUT2D eigenvalue weighted by atomic mass is 9.78. The zero-order valence-electron chi connectivity index (χ0n) is 11.9. The van der Waals surface area contributed by atoms with Crippen LogP contribution in [-0.4, -0.2) is 9.85 Å². The van der Waals surface area contributed by atoms with E-state index < -0.39 is 31.7 Å². The highest BCUT2D eigenvalue weighted by Gasteiger charge is 2.31. The molecule has 2 aromatic carbocycles. The maximum atomic E-state index is 11.1. The predicted octanol–water partition coefficient (Wildman–Crippen LogP) is 4.48. The molecule has 22 heavy (non-hydrogen) atoms. The van der Waals surface area contributed by atoms with Gasteiger partial charge in [-0.25, -0.2) is 0 Å². The van der Waals surface area contributed by atoms with Crippen molar-refractivity contribution >= 4 is 23.0 Å². The fourth-order valence-corrected chi connectivity index (χ4v) is 2.49. The van der Waals surface area contributed by atoms with E-state index in [9.17, 15) is 20.2 Å². The summed E-state index contributed by atoms with van der Waals surface area (Å²) in [6, 6.07) is 11.9. The number of nitrogens with zero attached hydrogens (tertiary/aromatic N) is 2. The van der Waals surface area contributed by atoms with E-state index in [0.717, 1.165) is 5.56 Å². The van der Waals surface area contributed by atoms with Gasteiger partial charge >= 0.3 is 0 Å². The number of hydrogen-bond donors (Lipinski definition) is 0. The molecule has 0 aliphatic carbocycles. The van der Waals surface area contributed by atoms with Gasteiger partial charge in [-0.05, 0) is 11.1 Å². The lowest BCUT2D eigenvalue weighted by Crippen LogP contribution is -2.19. The summed E-state index contributed by atoms with van der Waals surface area (Å²) in [7, 11) is 0. The largest absolute Gasteiger partial charge is 0.295 e. The Morgan fingerprint density at radius 1 is 0.909 bits per heavy atom. The molecule has 114 valence electrons. The van der Waals surface area contributed by atoms with Crippen LogP contribution in [0, 0.1) is 20.2 Å². The van der Waals surface area contributed by atoms with Crippen LogP contribution in [0.25, 0.3) is 0 Å². The zero-order chi connectivity index (χ0) is 16.5. The summed E-state index contributed by atoms with van der Waals surface area (Å²) in [4.78, 5) is 20.8. The second kappa shape index (κ2) is 5.73. The standard InChI is InChI=1S/C15H13ClN2O4/c1-15(2,10-6-4-3-5-7-10)11-8-12(17(19)20)14(16)13(9-11)18(21)22/h3-9H,1-2H3. The smallest absolute Gasteiger partial charge is 0.258 e. The fraction of sp³-hybridized carbons (Fsp3) is 0.200. The summed E-state index contributed by atoms with van der Waals surface area (Å²) < 4.78 is 0. The van der Waals surface area contributed by atoms with E-state index in [1.165, 1.54) is 12.1 Å². The van der Waals surface area contributed by atoms with E-state index in [1.54, 1.807) is 0 Å². The highest BCUT2D eigenvalue weighted by atomic mass is 35.5. The number of nitro benzene ring substituents is 2. The van der Waals surface area contributed by atoms with Crippen molar-refractivity contribution in [2.75, 3.05) is 0 Å². The Kier molecular flexibility index (Phi) is 4.14. The number of halogens is 1. The average Bonchev–Trinajstić information content (AvgIpc) is 2.47. The Balaban J connectivity index is 2.70. The predicted molar refractivity (Wildman–Crippen MR) is 83.3 cm³/mol. The molecule has 0 aliphatic heterocycles. The highest BCUT2D eigenvalue weighted by molar-refractivity contribution is 6.34. The van der Waals surface area contributed by atoms with Gasteiger partial charge in [0.1, 0.15) is 0 Å². The molecule has 0 bridgehead atoms. The molecule has 0 unspecified atom stereocenters. The first-order chi connectivity index (χ1) is 10.2. The minimum atomic E-state index is -0.708. The molecular formula is C15H13ClN2O4. The Morgan fingerprint density at radius 3 is 1.77 bits per heavy atom. The average molecular weight is 321 g/mol. The number of nitro groups is 2.